The highest BCUT2D eigenvalue weighted by atomic mass is 19.3. The van der Waals surface area contributed by atoms with Crippen molar-refractivity contribution in [1.29, 1.82) is 0 Å². The Kier molecular flexibility index (Phi) is 9.46. The number of amides is 4. The van der Waals surface area contributed by atoms with Crippen molar-refractivity contribution in [2.75, 3.05) is 10.6 Å². The van der Waals surface area contributed by atoms with E-state index in [2.05, 4.69) is 30.8 Å². The first-order chi connectivity index (χ1) is 25.4. The molecule has 0 aliphatic heterocycles. The maximum Gasteiger partial charge on any atom is 0.329 e. The first-order valence-electron chi connectivity index (χ1n) is 16.5. The third-order valence-corrected chi connectivity index (χ3v) is 8.63. The monoisotopic (exact) mass is 750 g/mol. The normalized spacial score (nSPS) is 12.1. The van der Waals surface area contributed by atoms with Gasteiger partial charge in [-0.15, -0.1) is 0 Å². The smallest absolute Gasteiger partial charge is 0.329 e. The van der Waals surface area contributed by atoms with Crippen molar-refractivity contribution in [3.8, 4) is 0 Å². The van der Waals surface area contributed by atoms with Crippen LogP contribution >= 0.6 is 0 Å². The SMILES string of the molecule is CCn1nc(C)cc1C(=O)Nc1nc2cc(C(N)=O)ccc2n1CC(F)(F)C(F)(F)Cn1c(NC(=O)c2cc(C)nn2CC)nc2cc(C(N)=O)ccc21. The summed E-state index contributed by atoms with van der Waals surface area (Å²) in [6, 6.07) is 10.1. The molecule has 6 rings (SSSR count). The lowest BCUT2D eigenvalue weighted by atomic mass is 10.1. The summed E-state index contributed by atoms with van der Waals surface area (Å²) in [6.45, 7) is 3.91. The second kappa shape index (κ2) is 13.7. The van der Waals surface area contributed by atoms with E-state index in [9.17, 15) is 19.2 Å². The van der Waals surface area contributed by atoms with E-state index in [1.807, 2.05) is 0 Å². The number of alkyl halides is 4. The number of rotatable bonds is 13. The molecule has 20 heteroatoms. The molecule has 282 valence electrons. The fourth-order valence-electron chi connectivity index (χ4n) is 5.98. The molecule has 0 fully saturated rings. The van der Waals surface area contributed by atoms with Gasteiger partial charge in [-0.2, -0.15) is 27.8 Å². The number of imidazole rings is 2. The number of primary amides is 2. The van der Waals surface area contributed by atoms with Crippen molar-refractivity contribution < 1.29 is 36.7 Å². The Balaban J connectivity index is 1.39. The second-order valence-electron chi connectivity index (χ2n) is 12.5. The number of carbonyl (C=O) groups excluding carboxylic acids is 4. The quantitative estimate of drug-likeness (QED) is 0.126. The van der Waals surface area contributed by atoms with Crippen LogP contribution in [-0.4, -0.2) is 74.1 Å². The number of anilines is 2. The first-order valence-corrected chi connectivity index (χ1v) is 16.5. The average Bonchev–Trinajstić information content (AvgIpc) is 3.86. The summed E-state index contributed by atoms with van der Waals surface area (Å²) in [5.74, 6) is -14.1. The van der Waals surface area contributed by atoms with Crippen LogP contribution in [0.15, 0.2) is 48.5 Å². The minimum atomic E-state index is -4.87. The minimum absolute atomic E-state index is 0.0417. The number of aromatic nitrogens is 8. The number of fused-ring (bicyclic) bond motifs is 2. The lowest BCUT2D eigenvalue weighted by Gasteiger charge is -2.28. The molecule has 6 aromatic rings. The molecule has 0 aliphatic carbocycles. The number of nitrogens with two attached hydrogens (primary N) is 2. The van der Waals surface area contributed by atoms with Crippen LogP contribution in [0.3, 0.4) is 0 Å². The molecule has 16 nitrogen and oxygen atoms in total. The Morgan fingerprint density at radius 1 is 0.648 bits per heavy atom. The van der Waals surface area contributed by atoms with Gasteiger partial charge in [-0.1, -0.05) is 0 Å². The van der Waals surface area contributed by atoms with Crippen molar-refractivity contribution in [3.05, 3.63) is 82.4 Å². The lowest BCUT2D eigenvalue weighted by molar-refractivity contribution is -0.220. The van der Waals surface area contributed by atoms with Crippen molar-refractivity contribution in [1.82, 2.24) is 38.7 Å². The Hall–Kier alpha value is -6.60. The number of benzene rings is 2. The van der Waals surface area contributed by atoms with Gasteiger partial charge in [0.15, 0.2) is 0 Å². The number of nitrogens with zero attached hydrogens (tertiary/aromatic N) is 8. The summed E-state index contributed by atoms with van der Waals surface area (Å²) in [6.07, 6.45) is 0. The molecule has 0 radical (unpaired) electrons. The molecular weight excluding hydrogens is 716 g/mol. The number of nitrogens with one attached hydrogen (secondary N) is 2. The third kappa shape index (κ3) is 6.84. The van der Waals surface area contributed by atoms with Gasteiger partial charge in [0, 0.05) is 24.2 Å². The van der Waals surface area contributed by atoms with Crippen molar-refractivity contribution in [2.45, 2.75) is 65.7 Å². The molecular formula is C34H34F4N12O4. The minimum Gasteiger partial charge on any atom is -0.366 e. The Labute approximate surface area is 303 Å². The fourth-order valence-corrected chi connectivity index (χ4v) is 5.98. The van der Waals surface area contributed by atoms with Gasteiger partial charge in [-0.25, -0.2) is 9.97 Å². The van der Waals surface area contributed by atoms with Crippen LogP contribution in [0, 0.1) is 13.8 Å². The zero-order chi connectivity index (χ0) is 39.3. The summed E-state index contributed by atoms with van der Waals surface area (Å²) >= 11 is 0. The highest BCUT2D eigenvalue weighted by Gasteiger charge is 2.57. The summed E-state index contributed by atoms with van der Waals surface area (Å²) in [7, 11) is 0. The van der Waals surface area contributed by atoms with Crippen LogP contribution in [0.5, 0.6) is 0 Å². The lowest BCUT2D eigenvalue weighted by Crippen LogP contribution is -2.47. The van der Waals surface area contributed by atoms with Crippen molar-refractivity contribution in [2.24, 2.45) is 11.5 Å². The highest BCUT2D eigenvalue weighted by molar-refractivity contribution is 6.04. The van der Waals surface area contributed by atoms with Crippen LogP contribution in [-0.2, 0) is 26.2 Å². The fraction of sp³-hybridized carbons (Fsp3) is 0.294. The van der Waals surface area contributed by atoms with Gasteiger partial charge < -0.3 is 20.6 Å². The van der Waals surface area contributed by atoms with E-state index >= 15 is 17.6 Å². The largest absolute Gasteiger partial charge is 0.366 e. The van der Waals surface area contributed by atoms with Crippen molar-refractivity contribution >= 4 is 57.6 Å². The van der Waals surface area contributed by atoms with Gasteiger partial charge >= 0.3 is 11.8 Å². The average molecular weight is 751 g/mol. The number of hydrogen-bond acceptors (Lipinski definition) is 8. The molecule has 4 heterocycles. The van der Waals surface area contributed by atoms with Gasteiger partial charge in [0.25, 0.3) is 11.8 Å². The van der Waals surface area contributed by atoms with E-state index in [1.165, 1.54) is 57.9 Å². The summed E-state index contributed by atoms with van der Waals surface area (Å²) in [5, 5.41) is 13.2. The first kappa shape index (κ1) is 37.2. The maximum absolute atomic E-state index is 16.2. The topological polar surface area (TPSA) is 216 Å². The zero-order valence-electron chi connectivity index (χ0n) is 29.3. The second-order valence-corrected chi connectivity index (χ2v) is 12.5. The molecule has 6 N–H and O–H groups in total. The van der Waals surface area contributed by atoms with E-state index in [0.717, 1.165) is 0 Å². The Morgan fingerprint density at radius 2 is 1.02 bits per heavy atom. The molecule has 0 spiro atoms. The van der Waals surface area contributed by atoms with E-state index in [4.69, 9.17) is 11.5 Å². The van der Waals surface area contributed by atoms with Crippen LogP contribution in [0.25, 0.3) is 22.1 Å². The van der Waals surface area contributed by atoms with Crippen LogP contribution in [0.4, 0.5) is 29.5 Å². The van der Waals surface area contributed by atoms with Gasteiger partial charge in [0.2, 0.25) is 23.7 Å². The van der Waals surface area contributed by atoms with E-state index in [1.54, 1.807) is 27.7 Å². The molecule has 0 atom stereocenters. The van der Waals surface area contributed by atoms with Gasteiger partial charge in [0.05, 0.1) is 46.5 Å². The maximum atomic E-state index is 16.2. The molecule has 4 aromatic heterocycles. The Morgan fingerprint density at radius 3 is 1.35 bits per heavy atom. The van der Waals surface area contributed by atoms with Gasteiger partial charge in [-0.3, -0.25) is 39.2 Å². The molecule has 0 bridgehead atoms. The highest BCUT2D eigenvalue weighted by Crippen LogP contribution is 2.40. The van der Waals surface area contributed by atoms with Gasteiger partial charge in [-0.05, 0) is 76.2 Å². The third-order valence-electron chi connectivity index (χ3n) is 8.63. The van der Waals surface area contributed by atoms with E-state index in [0.29, 0.717) is 20.5 Å². The molecule has 0 unspecified atom stereocenters. The molecule has 0 saturated carbocycles. The summed E-state index contributed by atoms with van der Waals surface area (Å²) in [4.78, 5) is 58.8. The summed E-state index contributed by atoms with van der Waals surface area (Å²) in [5.41, 5.74) is 11.4. The molecule has 54 heavy (non-hydrogen) atoms. The van der Waals surface area contributed by atoms with Crippen LogP contribution in [0.2, 0.25) is 0 Å². The predicted octanol–water partition coefficient (Wildman–Crippen LogP) is 4.11. The zero-order valence-corrected chi connectivity index (χ0v) is 29.3. The van der Waals surface area contributed by atoms with Crippen LogP contribution < -0.4 is 22.1 Å². The predicted molar refractivity (Wildman–Crippen MR) is 188 cm³/mol. The van der Waals surface area contributed by atoms with Crippen molar-refractivity contribution in [3.63, 3.8) is 0 Å². The number of aryl methyl sites for hydroxylation is 4. The number of hydrogen-bond donors (Lipinski definition) is 4. The summed E-state index contributed by atoms with van der Waals surface area (Å²) < 4.78 is 68.9. The van der Waals surface area contributed by atoms with E-state index in [-0.39, 0.29) is 57.7 Å². The molecule has 2 aromatic carbocycles. The van der Waals surface area contributed by atoms with E-state index < -0.39 is 60.5 Å². The van der Waals surface area contributed by atoms with Crippen LogP contribution in [0.1, 0.15) is 66.9 Å². The standard InChI is InChI=1S/C34H34F4N12O4/c1-5-49-25(11-17(3)45-49)29(53)43-31-41-21-13-19(27(39)51)7-9-23(21)47(31)15-33(35,36)34(37,38)16-48-24-10-8-20(28(40)52)14-22(24)42-32(48)44-30(54)26-12-18(4)46-50(26)6-2/h7-14H,5-6,15-16H2,1-4H3,(H2,39,51)(H2,40,52)(H,41,43,53)(H,42,44,54). The Bertz CT molecular complexity index is 2310. The number of halogens is 4. The molecule has 4 amide bonds. The van der Waals surface area contributed by atoms with Gasteiger partial charge in [0.1, 0.15) is 11.4 Å². The number of carbonyl (C=O) groups is 4. The molecule has 0 aliphatic rings. The molecule has 0 saturated heterocycles.